The lowest BCUT2D eigenvalue weighted by Crippen LogP contribution is -2.08. The van der Waals surface area contributed by atoms with Gasteiger partial charge in [0.15, 0.2) is 0 Å². The summed E-state index contributed by atoms with van der Waals surface area (Å²) in [6.45, 7) is 4.11. The van der Waals surface area contributed by atoms with Crippen molar-refractivity contribution in [2.24, 2.45) is 0 Å². The van der Waals surface area contributed by atoms with E-state index < -0.39 is 5.60 Å². The second kappa shape index (κ2) is 2.82. The molecule has 1 saturated carbocycles. The molecular weight excluding hydrogens is 228 g/mol. The highest BCUT2D eigenvalue weighted by Crippen LogP contribution is 2.49. The molecule has 0 unspecified atom stereocenters. The molecule has 0 heterocycles. The largest absolute Gasteiger partial charge is 0.385 e. The van der Waals surface area contributed by atoms with Crippen LogP contribution in [0.2, 0.25) is 0 Å². The van der Waals surface area contributed by atoms with Crippen molar-refractivity contribution in [3.05, 3.63) is 33.3 Å². The van der Waals surface area contributed by atoms with E-state index in [1.54, 1.807) is 0 Å². The van der Waals surface area contributed by atoms with E-state index in [2.05, 4.69) is 41.9 Å². The van der Waals surface area contributed by atoms with E-state index in [-0.39, 0.29) is 0 Å². The predicted octanol–water partition coefficient (Wildman–Crippen LogP) is 3.05. The van der Waals surface area contributed by atoms with Gasteiger partial charge in [0, 0.05) is 10.0 Å². The van der Waals surface area contributed by atoms with Gasteiger partial charge >= 0.3 is 0 Å². The molecule has 0 atom stereocenters. The van der Waals surface area contributed by atoms with E-state index in [1.807, 2.05) is 0 Å². The summed E-state index contributed by atoms with van der Waals surface area (Å²) >= 11 is 3.55. The second-order valence-electron chi connectivity index (χ2n) is 3.92. The van der Waals surface area contributed by atoms with Crippen molar-refractivity contribution < 1.29 is 5.11 Å². The molecule has 1 aliphatic rings. The molecule has 1 aromatic carbocycles. The van der Waals surface area contributed by atoms with E-state index in [1.165, 1.54) is 11.1 Å². The highest BCUT2D eigenvalue weighted by Gasteiger charge is 2.44. The number of hydrogen-bond acceptors (Lipinski definition) is 1. The summed E-state index contributed by atoms with van der Waals surface area (Å²) in [5, 5.41) is 10.1. The lowest BCUT2D eigenvalue weighted by molar-refractivity contribution is 0.150. The Kier molecular flexibility index (Phi) is 2.00. The van der Waals surface area contributed by atoms with Crippen LogP contribution in [0.1, 0.15) is 29.5 Å². The van der Waals surface area contributed by atoms with E-state index in [9.17, 15) is 5.11 Å². The van der Waals surface area contributed by atoms with Crippen molar-refractivity contribution >= 4 is 15.9 Å². The number of hydrogen-bond donors (Lipinski definition) is 1. The zero-order valence-corrected chi connectivity index (χ0v) is 9.48. The quantitative estimate of drug-likeness (QED) is 0.801. The van der Waals surface area contributed by atoms with Gasteiger partial charge in [0.1, 0.15) is 0 Å². The highest BCUT2D eigenvalue weighted by molar-refractivity contribution is 9.10. The van der Waals surface area contributed by atoms with Gasteiger partial charge in [-0.25, -0.2) is 0 Å². The maximum absolute atomic E-state index is 10.1. The van der Waals surface area contributed by atoms with E-state index in [0.717, 1.165) is 22.9 Å². The van der Waals surface area contributed by atoms with Gasteiger partial charge in [0.2, 0.25) is 0 Å². The fourth-order valence-corrected chi connectivity index (χ4v) is 2.53. The Labute approximate surface area is 86.9 Å². The van der Waals surface area contributed by atoms with Crippen LogP contribution in [-0.4, -0.2) is 5.11 Å². The average molecular weight is 241 g/mol. The normalized spacial score (nSPS) is 18.8. The molecule has 1 N–H and O–H groups in total. The first-order chi connectivity index (χ1) is 6.04. The minimum absolute atomic E-state index is 0.533. The Hall–Kier alpha value is -0.340. The predicted molar refractivity (Wildman–Crippen MR) is 56.7 cm³/mol. The van der Waals surface area contributed by atoms with Crippen LogP contribution in [0.4, 0.5) is 0 Å². The SMILES string of the molecule is Cc1ccc(C)c(C2(O)CC2)c1Br. The molecule has 2 heteroatoms. The fraction of sp³-hybridized carbons (Fsp3) is 0.455. The maximum atomic E-state index is 10.1. The van der Waals surface area contributed by atoms with Gasteiger partial charge in [-0.1, -0.05) is 28.1 Å². The Morgan fingerprint density at radius 1 is 1.23 bits per heavy atom. The zero-order valence-electron chi connectivity index (χ0n) is 7.89. The third-order valence-electron chi connectivity index (χ3n) is 2.73. The smallest absolute Gasteiger partial charge is 0.0912 e. The molecule has 1 aromatic rings. The van der Waals surface area contributed by atoms with Gasteiger partial charge < -0.3 is 5.11 Å². The van der Waals surface area contributed by atoms with Crippen molar-refractivity contribution in [3.8, 4) is 0 Å². The van der Waals surface area contributed by atoms with Crippen molar-refractivity contribution in [3.63, 3.8) is 0 Å². The average Bonchev–Trinajstić information content (AvgIpc) is 2.78. The molecule has 13 heavy (non-hydrogen) atoms. The van der Waals surface area contributed by atoms with Crippen LogP contribution in [0.3, 0.4) is 0 Å². The van der Waals surface area contributed by atoms with Gasteiger partial charge in [0.05, 0.1) is 5.60 Å². The first-order valence-electron chi connectivity index (χ1n) is 4.53. The maximum Gasteiger partial charge on any atom is 0.0912 e. The zero-order chi connectivity index (χ0) is 9.64. The summed E-state index contributed by atoms with van der Waals surface area (Å²) in [6, 6.07) is 4.15. The minimum atomic E-state index is -0.533. The second-order valence-corrected chi connectivity index (χ2v) is 4.71. The Morgan fingerprint density at radius 3 is 2.31 bits per heavy atom. The third kappa shape index (κ3) is 1.42. The number of aliphatic hydroxyl groups is 1. The summed E-state index contributed by atoms with van der Waals surface area (Å²) in [5.74, 6) is 0. The number of rotatable bonds is 1. The Morgan fingerprint density at radius 2 is 1.77 bits per heavy atom. The molecule has 0 saturated heterocycles. The van der Waals surface area contributed by atoms with Crippen molar-refractivity contribution in [2.45, 2.75) is 32.3 Å². The monoisotopic (exact) mass is 240 g/mol. The van der Waals surface area contributed by atoms with Crippen LogP contribution in [0.15, 0.2) is 16.6 Å². The third-order valence-corrected chi connectivity index (χ3v) is 3.75. The van der Waals surface area contributed by atoms with Crippen LogP contribution >= 0.6 is 15.9 Å². The fourth-order valence-electron chi connectivity index (χ4n) is 1.72. The topological polar surface area (TPSA) is 20.2 Å². The van der Waals surface area contributed by atoms with Gasteiger partial charge in [-0.3, -0.25) is 0 Å². The van der Waals surface area contributed by atoms with Crippen molar-refractivity contribution in [1.82, 2.24) is 0 Å². The van der Waals surface area contributed by atoms with Crippen LogP contribution < -0.4 is 0 Å². The number of aryl methyl sites for hydroxylation is 2. The van der Waals surface area contributed by atoms with Crippen LogP contribution in [0, 0.1) is 13.8 Å². The summed E-state index contributed by atoms with van der Waals surface area (Å²) in [4.78, 5) is 0. The summed E-state index contributed by atoms with van der Waals surface area (Å²) in [6.07, 6.45) is 1.80. The minimum Gasteiger partial charge on any atom is -0.385 e. The van der Waals surface area contributed by atoms with Crippen molar-refractivity contribution in [2.75, 3.05) is 0 Å². The molecule has 0 bridgehead atoms. The lowest BCUT2D eigenvalue weighted by atomic mass is 9.99. The van der Waals surface area contributed by atoms with Crippen LogP contribution in [0.25, 0.3) is 0 Å². The summed E-state index contributed by atoms with van der Waals surface area (Å²) < 4.78 is 1.08. The molecule has 0 spiro atoms. The summed E-state index contributed by atoms with van der Waals surface area (Å²) in [7, 11) is 0. The molecule has 1 nitrogen and oxygen atoms in total. The summed E-state index contributed by atoms with van der Waals surface area (Å²) in [5.41, 5.74) is 2.93. The van der Waals surface area contributed by atoms with Gasteiger partial charge in [0.25, 0.3) is 0 Å². The first kappa shape index (κ1) is 9.22. The molecule has 0 amide bonds. The molecule has 1 aliphatic carbocycles. The Bertz CT molecular complexity index is 353. The molecule has 70 valence electrons. The Balaban J connectivity index is 2.61. The molecule has 0 radical (unpaired) electrons. The highest BCUT2D eigenvalue weighted by atomic mass is 79.9. The van der Waals surface area contributed by atoms with Gasteiger partial charge in [-0.15, -0.1) is 0 Å². The standard InChI is InChI=1S/C11H13BrO/c1-7-3-4-8(2)10(12)9(7)11(13)5-6-11/h3-4,13H,5-6H2,1-2H3. The van der Waals surface area contributed by atoms with Crippen molar-refractivity contribution in [1.29, 1.82) is 0 Å². The number of benzene rings is 1. The first-order valence-corrected chi connectivity index (χ1v) is 5.32. The number of halogens is 1. The molecule has 2 rings (SSSR count). The van der Waals surface area contributed by atoms with Crippen LogP contribution in [-0.2, 0) is 5.60 Å². The van der Waals surface area contributed by atoms with E-state index in [4.69, 9.17) is 0 Å². The molecule has 0 aromatic heterocycles. The molecule has 1 fully saturated rings. The van der Waals surface area contributed by atoms with E-state index in [0.29, 0.717) is 0 Å². The lowest BCUT2D eigenvalue weighted by Gasteiger charge is -2.15. The molecular formula is C11H13BrO. The van der Waals surface area contributed by atoms with Crippen LogP contribution in [0.5, 0.6) is 0 Å². The molecule has 0 aliphatic heterocycles. The van der Waals surface area contributed by atoms with Gasteiger partial charge in [-0.05, 0) is 37.8 Å². The van der Waals surface area contributed by atoms with Gasteiger partial charge in [-0.2, -0.15) is 0 Å². The van der Waals surface area contributed by atoms with E-state index >= 15 is 0 Å².